The van der Waals surface area contributed by atoms with Crippen molar-refractivity contribution in [2.24, 2.45) is 0 Å². The number of imidazole rings is 1. The molecule has 118 valence electrons. The number of aliphatic hydroxyl groups excluding tert-OH is 1. The van der Waals surface area contributed by atoms with Crippen LogP contribution in [0.1, 0.15) is 30.9 Å². The zero-order chi connectivity index (χ0) is 16.4. The van der Waals surface area contributed by atoms with E-state index in [9.17, 15) is 9.90 Å². The van der Waals surface area contributed by atoms with Gasteiger partial charge in [0.1, 0.15) is 6.33 Å². The van der Waals surface area contributed by atoms with Crippen LogP contribution in [0.25, 0.3) is 17.2 Å². The fourth-order valence-corrected chi connectivity index (χ4v) is 2.55. The average Bonchev–Trinajstić information content (AvgIpc) is 3.08. The van der Waals surface area contributed by atoms with Gasteiger partial charge in [-0.2, -0.15) is 0 Å². The Kier molecular flexibility index (Phi) is 4.08. The maximum Gasteiger partial charge on any atom is 0.256 e. The van der Waals surface area contributed by atoms with Gasteiger partial charge in [-0.05, 0) is 17.5 Å². The molecule has 0 aliphatic rings. The first-order valence-corrected chi connectivity index (χ1v) is 7.43. The second kappa shape index (κ2) is 6.18. The molecule has 2 heterocycles. The van der Waals surface area contributed by atoms with Crippen LogP contribution in [-0.2, 0) is 6.61 Å². The summed E-state index contributed by atoms with van der Waals surface area (Å²) in [6.07, 6.45) is 4.94. The normalized spacial score (nSPS) is 11.1. The predicted molar refractivity (Wildman–Crippen MR) is 87.4 cm³/mol. The highest BCUT2D eigenvalue weighted by Crippen LogP contribution is 2.26. The maximum atomic E-state index is 12.5. The third-order valence-electron chi connectivity index (χ3n) is 3.65. The summed E-state index contributed by atoms with van der Waals surface area (Å²) >= 11 is 0. The van der Waals surface area contributed by atoms with E-state index < -0.39 is 0 Å². The number of aliphatic hydroxyl groups is 1. The summed E-state index contributed by atoms with van der Waals surface area (Å²) in [4.78, 5) is 24.0. The minimum absolute atomic E-state index is 0.0240. The first-order valence-electron chi connectivity index (χ1n) is 7.43. The van der Waals surface area contributed by atoms with E-state index >= 15 is 0 Å². The molecule has 0 saturated heterocycles. The van der Waals surface area contributed by atoms with Gasteiger partial charge in [0.15, 0.2) is 0 Å². The van der Waals surface area contributed by atoms with E-state index in [2.05, 4.69) is 15.0 Å². The first-order chi connectivity index (χ1) is 11.1. The third kappa shape index (κ3) is 2.93. The summed E-state index contributed by atoms with van der Waals surface area (Å²) in [6, 6.07) is 7.43. The lowest BCUT2D eigenvalue weighted by atomic mass is 9.97. The Labute approximate surface area is 133 Å². The van der Waals surface area contributed by atoms with E-state index in [0.29, 0.717) is 17.2 Å². The molecular formula is C17H18N4O2. The van der Waals surface area contributed by atoms with Crippen LogP contribution >= 0.6 is 0 Å². The monoisotopic (exact) mass is 310 g/mol. The van der Waals surface area contributed by atoms with Crippen molar-refractivity contribution >= 4 is 0 Å². The summed E-state index contributed by atoms with van der Waals surface area (Å²) in [7, 11) is 0. The standard InChI is InChI=1S/C17H18N4O2/c1-11(2)14-15(13-5-3-4-12(8-13)9-22)19-17(20-16(14)23)21-7-6-18-10-21/h3-8,10-11,22H,9H2,1-2H3,(H,19,20,23). The van der Waals surface area contributed by atoms with Gasteiger partial charge in [-0.25, -0.2) is 9.97 Å². The molecule has 0 spiro atoms. The molecule has 0 bridgehead atoms. The molecule has 0 amide bonds. The molecule has 0 atom stereocenters. The molecule has 23 heavy (non-hydrogen) atoms. The number of benzene rings is 1. The Morgan fingerprint density at radius 3 is 2.83 bits per heavy atom. The molecule has 0 unspecified atom stereocenters. The van der Waals surface area contributed by atoms with E-state index in [0.717, 1.165) is 11.1 Å². The molecule has 1 aromatic carbocycles. The molecule has 6 heteroatoms. The molecule has 0 radical (unpaired) electrons. The van der Waals surface area contributed by atoms with Crippen molar-refractivity contribution in [2.75, 3.05) is 0 Å². The zero-order valence-corrected chi connectivity index (χ0v) is 13.0. The number of nitrogens with one attached hydrogen (secondary N) is 1. The van der Waals surface area contributed by atoms with Crippen molar-refractivity contribution in [1.82, 2.24) is 19.5 Å². The third-order valence-corrected chi connectivity index (χ3v) is 3.65. The van der Waals surface area contributed by atoms with Crippen LogP contribution in [0.5, 0.6) is 0 Å². The van der Waals surface area contributed by atoms with Gasteiger partial charge in [0.05, 0.1) is 12.3 Å². The van der Waals surface area contributed by atoms with Crippen LogP contribution in [0.2, 0.25) is 0 Å². The van der Waals surface area contributed by atoms with E-state index in [1.807, 2.05) is 38.1 Å². The molecule has 0 aliphatic carbocycles. The highest BCUT2D eigenvalue weighted by molar-refractivity contribution is 5.64. The minimum atomic E-state index is -0.164. The van der Waals surface area contributed by atoms with Gasteiger partial charge in [0.25, 0.3) is 5.56 Å². The number of nitrogens with zero attached hydrogens (tertiary/aromatic N) is 3. The Balaban J connectivity index is 2.25. The van der Waals surface area contributed by atoms with E-state index in [4.69, 9.17) is 0 Å². The lowest BCUT2D eigenvalue weighted by molar-refractivity contribution is 0.282. The molecule has 0 fully saturated rings. The SMILES string of the molecule is CC(C)c1c(-c2cccc(CO)c2)nc(-n2ccnc2)[nH]c1=O. The number of H-pyrrole nitrogens is 1. The number of hydrogen-bond donors (Lipinski definition) is 2. The Morgan fingerprint density at radius 1 is 1.35 bits per heavy atom. The van der Waals surface area contributed by atoms with Crippen LogP contribution in [-0.4, -0.2) is 24.6 Å². The molecular weight excluding hydrogens is 292 g/mol. The fourth-order valence-electron chi connectivity index (χ4n) is 2.55. The average molecular weight is 310 g/mol. The molecule has 3 aromatic rings. The number of rotatable bonds is 4. The van der Waals surface area contributed by atoms with Gasteiger partial charge in [-0.3, -0.25) is 14.3 Å². The molecule has 6 nitrogen and oxygen atoms in total. The molecule has 2 aromatic heterocycles. The minimum Gasteiger partial charge on any atom is -0.392 e. The quantitative estimate of drug-likeness (QED) is 0.774. The van der Waals surface area contributed by atoms with Crippen LogP contribution < -0.4 is 5.56 Å². The number of aromatic amines is 1. The van der Waals surface area contributed by atoms with Gasteiger partial charge in [0.2, 0.25) is 5.95 Å². The second-order valence-electron chi connectivity index (χ2n) is 5.63. The molecule has 3 rings (SSSR count). The van der Waals surface area contributed by atoms with Crippen molar-refractivity contribution in [3.8, 4) is 17.2 Å². The maximum absolute atomic E-state index is 12.5. The first kappa shape index (κ1) is 15.2. The van der Waals surface area contributed by atoms with Gasteiger partial charge < -0.3 is 5.11 Å². The van der Waals surface area contributed by atoms with Crippen molar-refractivity contribution < 1.29 is 5.11 Å². The predicted octanol–water partition coefficient (Wildman–Crippen LogP) is 2.24. The van der Waals surface area contributed by atoms with E-state index in [1.165, 1.54) is 0 Å². The summed E-state index contributed by atoms with van der Waals surface area (Å²) in [5, 5.41) is 9.35. The van der Waals surface area contributed by atoms with Crippen LogP contribution in [0.3, 0.4) is 0 Å². The van der Waals surface area contributed by atoms with Crippen LogP contribution in [0, 0.1) is 0 Å². The lowest BCUT2D eigenvalue weighted by Gasteiger charge is -2.13. The van der Waals surface area contributed by atoms with Crippen LogP contribution in [0.15, 0.2) is 47.8 Å². The summed E-state index contributed by atoms with van der Waals surface area (Å²) < 4.78 is 1.66. The lowest BCUT2D eigenvalue weighted by Crippen LogP contribution is -2.20. The number of aromatic nitrogens is 4. The molecule has 0 saturated carbocycles. The van der Waals surface area contributed by atoms with Crippen molar-refractivity contribution in [3.05, 3.63) is 64.5 Å². The Morgan fingerprint density at radius 2 is 2.17 bits per heavy atom. The summed E-state index contributed by atoms with van der Waals surface area (Å²) in [5.74, 6) is 0.442. The Bertz CT molecular complexity index is 867. The van der Waals surface area contributed by atoms with Gasteiger partial charge in [0, 0.05) is 23.5 Å². The smallest absolute Gasteiger partial charge is 0.256 e. The van der Waals surface area contributed by atoms with Crippen LogP contribution in [0.4, 0.5) is 0 Å². The topological polar surface area (TPSA) is 83.8 Å². The van der Waals surface area contributed by atoms with Gasteiger partial charge in [-0.1, -0.05) is 32.0 Å². The molecule has 0 aliphatic heterocycles. The largest absolute Gasteiger partial charge is 0.392 e. The van der Waals surface area contributed by atoms with Gasteiger partial charge in [-0.15, -0.1) is 0 Å². The Hall–Kier alpha value is -2.73. The summed E-state index contributed by atoms with van der Waals surface area (Å²) in [6.45, 7) is 3.87. The zero-order valence-electron chi connectivity index (χ0n) is 13.0. The van der Waals surface area contributed by atoms with Crippen molar-refractivity contribution in [1.29, 1.82) is 0 Å². The van der Waals surface area contributed by atoms with E-state index in [1.54, 1.807) is 23.3 Å². The molecule has 2 N–H and O–H groups in total. The number of hydrogen-bond acceptors (Lipinski definition) is 4. The van der Waals surface area contributed by atoms with Gasteiger partial charge >= 0.3 is 0 Å². The fraction of sp³-hybridized carbons (Fsp3) is 0.235. The highest BCUT2D eigenvalue weighted by atomic mass is 16.3. The second-order valence-corrected chi connectivity index (χ2v) is 5.63. The summed E-state index contributed by atoms with van der Waals surface area (Å²) in [5.41, 5.74) is 2.69. The highest BCUT2D eigenvalue weighted by Gasteiger charge is 2.17. The van der Waals surface area contributed by atoms with Crippen molar-refractivity contribution in [2.45, 2.75) is 26.4 Å². The van der Waals surface area contributed by atoms with E-state index in [-0.39, 0.29) is 18.1 Å². The van der Waals surface area contributed by atoms with Crippen molar-refractivity contribution in [3.63, 3.8) is 0 Å².